The van der Waals surface area contributed by atoms with Gasteiger partial charge in [-0.25, -0.2) is 0 Å². The van der Waals surface area contributed by atoms with Crippen LogP contribution in [0.15, 0.2) is 30.3 Å². The Morgan fingerprint density at radius 1 is 0.808 bits per heavy atom. The zero-order valence-electron chi connectivity index (χ0n) is 16.0. The quantitative estimate of drug-likeness (QED) is 0.829. The molecule has 2 saturated heterocycles. The lowest BCUT2D eigenvalue weighted by atomic mass is 10.0. The minimum atomic E-state index is -0.0972. The van der Waals surface area contributed by atoms with Crippen LogP contribution < -0.4 is 0 Å². The molecule has 26 heavy (non-hydrogen) atoms. The first-order valence-corrected chi connectivity index (χ1v) is 10.6. The molecule has 1 atom stereocenters. The molecule has 0 aromatic heterocycles. The van der Waals surface area contributed by atoms with Gasteiger partial charge in [-0.15, -0.1) is 0 Å². The van der Waals surface area contributed by atoms with Crippen molar-refractivity contribution in [3.05, 3.63) is 35.9 Å². The average Bonchev–Trinajstić information content (AvgIpc) is 3.25. The Bertz CT molecular complexity index is 570. The van der Waals surface area contributed by atoms with E-state index in [0.29, 0.717) is 5.91 Å². The summed E-state index contributed by atoms with van der Waals surface area (Å²) in [7, 11) is 0. The maximum Gasteiger partial charge on any atom is 0.244 e. The zero-order valence-corrected chi connectivity index (χ0v) is 16.0. The van der Waals surface area contributed by atoms with E-state index < -0.39 is 0 Å². The predicted molar refractivity (Wildman–Crippen MR) is 105 cm³/mol. The van der Waals surface area contributed by atoms with E-state index in [1.807, 2.05) is 6.07 Å². The molecule has 4 heteroatoms. The molecule has 0 spiro atoms. The first kappa shape index (κ1) is 18.0. The second-order valence-corrected chi connectivity index (χ2v) is 8.21. The number of rotatable bonds is 4. The molecule has 0 bridgehead atoms. The van der Waals surface area contributed by atoms with Crippen LogP contribution in [0.5, 0.6) is 0 Å². The number of carbonyl (C=O) groups excluding carboxylic acids is 1. The predicted octanol–water partition coefficient (Wildman–Crippen LogP) is 3.30. The molecular formula is C22H33N3O. The second kappa shape index (κ2) is 8.53. The lowest BCUT2D eigenvalue weighted by Crippen LogP contribution is -2.53. The van der Waals surface area contributed by atoms with Crippen molar-refractivity contribution in [2.45, 2.75) is 57.0 Å². The summed E-state index contributed by atoms with van der Waals surface area (Å²) in [6, 6.07) is 11.2. The van der Waals surface area contributed by atoms with Crippen molar-refractivity contribution in [2.75, 3.05) is 39.3 Å². The van der Waals surface area contributed by atoms with Crippen molar-refractivity contribution in [3.8, 4) is 0 Å². The van der Waals surface area contributed by atoms with Crippen molar-refractivity contribution >= 4 is 5.91 Å². The van der Waals surface area contributed by atoms with E-state index in [0.717, 1.165) is 63.7 Å². The normalized spacial score (nSPS) is 24.7. The topological polar surface area (TPSA) is 26.8 Å². The van der Waals surface area contributed by atoms with E-state index in [9.17, 15) is 4.79 Å². The Labute approximate surface area is 158 Å². The van der Waals surface area contributed by atoms with Crippen molar-refractivity contribution in [1.29, 1.82) is 0 Å². The molecular weight excluding hydrogens is 322 g/mol. The smallest absolute Gasteiger partial charge is 0.244 e. The number of amides is 1. The van der Waals surface area contributed by atoms with E-state index in [1.54, 1.807) is 0 Å². The summed E-state index contributed by atoms with van der Waals surface area (Å²) in [4.78, 5) is 20.6. The van der Waals surface area contributed by atoms with Gasteiger partial charge in [0.25, 0.3) is 0 Å². The first-order chi connectivity index (χ1) is 12.8. The van der Waals surface area contributed by atoms with Crippen LogP contribution in [0.2, 0.25) is 0 Å². The monoisotopic (exact) mass is 355 g/mol. The van der Waals surface area contributed by atoms with Crippen molar-refractivity contribution in [1.82, 2.24) is 14.7 Å². The molecule has 1 saturated carbocycles. The fourth-order valence-electron chi connectivity index (χ4n) is 5.06. The van der Waals surface area contributed by atoms with Gasteiger partial charge in [0.1, 0.15) is 6.04 Å². The van der Waals surface area contributed by atoms with Gasteiger partial charge in [-0.05, 0) is 37.7 Å². The number of benzene rings is 1. The molecule has 142 valence electrons. The molecule has 0 N–H and O–H groups in total. The van der Waals surface area contributed by atoms with Crippen LogP contribution in [0.4, 0.5) is 0 Å². The van der Waals surface area contributed by atoms with Crippen LogP contribution in [0.3, 0.4) is 0 Å². The largest absolute Gasteiger partial charge is 0.341 e. The van der Waals surface area contributed by atoms with Crippen LogP contribution in [0.1, 0.15) is 56.6 Å². The molecule has 1 aromatic rings. The Hall–Kier alpha value is -1.39. The summed E-state index contributed by atoms with van der Waals surface area (Å²) in [5, 5.41) is 0. The highest BCUT2D eigenvalue weighted by molar-refractivity contribution is 5.83. The lowest BCUT2D eigenvalue weighted by Gasteiger charge is -2.42. The summed E-state index contributed by atoms with van der Waals surface area (Å²) in [6.45, 7) is 6.11. The number of likely N-dealkylation sites (tertiary alicyclic amines) is 1. The number of piperidine rings is 1. The number of piperazine rings is 1. The minimum absolute atomic E-state index is 0.0972. The van der Waals surface area contributed by atoms with Gasteiger partial charge in [0.05, 0.1) is 0 Å². The summed E-state index contributed by atoms with van der Waals surface area (Å²) < 4.78 is 0. The average molecular weight is 356 g/mol. The van der Waals surface area contributed by atoms with Crippen LogP contribution in [-0.2, 0) is 4.79 Å². The van der Waals surface area contributed by atoms with E-state index >= 15 is 0 Å². The third-order valence-corrected chi connectivity index (χ3v) is 6.57. The van der Waals surface area contributed by atoms with Gasteiger partial charge in [0.2, 0.25) is 5.91 Å². The maximum atomic E-state index is 13.4. The fourth-order valence-corrected chi connectivity index (χ4v) is 5.06. The van der Waals surface area contributed by atoms with Crippen molar-refractivity contribution < 1.29 is 4.79 Å². The second-order valence-electron chi connectivity index (χ2n) is 8.21. The number of carbonyl (C=O) groups is 1. The number of hydrogen-bond acceptors (Lipinski definition) is 3. The third-order valence-electron chi connectivity index (χ3n) is 6.57. The fraction of sp³-hybridized carbons (Fsp3) is 0.682. The van der Waals surface area contributed by atoms with E-state index in [2.05, 4.69) is 39.0 Å². The Morgan fingerprint density at radius 2 is 1.46 bits per heavy atom. The molecule has 3 fully saturated rings. The lowest BCUT2D eigenvalue weighted by molar-refractivity contribution is -0.139. The molecule has 3 aliphatic rings. The standard InChI is InChI=1S/C22H33N3O/c26-22(25-13-7-2-8-14-25)21(19-9-3-1-4-10-19)24-17-15-23(16-18-24)20-11-5-6-12-20/h1,3-4,9-10,20-21H,2,5-8,11-18H2. The Kier molecular flexibility index (Phi) is 5.91. The summed E-state index contributed by atoms with van der Waals surface area (Å²) in [6.07, 6.45) is 9.10. The summed E-state index contributed by atoms with van der Waals surface area (Å²) in [5.41, 5.74) is 1.16. The highest BCUT2D eigenvalue weighted by Gasteiger charge is 2.35. The molecule has 1 amide bonds. The van der Waals surface area contributed by atoms with Crippen molar-refractivity contribution in [2.24, 2.45) is 0 Å². The molecule has 0 radical (unpaired) electrons. The van der Waals surface area contributed by atoms with Gasteiger partial charge in [0, 0.05) is 45.3 Å². The number of hydrogen-bond donors (Lipinski definition) is 0. The van der Waals surface area contributed by atoms with Gasteiger partial charge in [0.15, 0.2) is 0 Å². The van der Waals surface area contributed by atoms with Gasteiger partial charge < -0.3 is 4.90 Å². The molecule has 4 rings (SSSR count). The van der Waals surface area contributed by atoms with Gasteiger partial charge >= 0.3 is 0 Å². The SMILES string of the molecule is O=C(C(c1ccccc1)N1CCN(C2CCCC2)CC1)N1CCCCC1. The molecule has 2 aliphatic heterocycles. The number of nitrogens with zero attached hydrogens (tertiary/aromatic N) is 3. The van der Waals surface area contributed by atoms with Gasteiger partial charge in [-0.1, -0.05) is 43.2 Å². The van der Waals surface area contributed by atoms with E-state index in [4.69, 9.17) is 0 Å². The molecule has 1 aromatic carbocycles. The first-order valence-electron chi connectivity index (χ1n) is 10.6. The van der Waals surface area contributed by atoms with Crippen LogP contribution in [0.25, 0.3) is 0 Å². The molecule has 4 nitrogen and oxygen atoms in total. The molecule has 1 unspecified atom stereocenters. The summed E-state index contributed by atoms with van der Waals surface area (Å²) >= 11 is 0. The molecule has 1 aliphatic carbocycles. The minimum Gasteiger partial charge on any atom is -0.341 e. The van der Waals surface area contributed by atoms with Crippen LogP contribution in [0, 0.1) is 0 Å². The zero-order chi connectivity index (χ0) is 17.8. The molecule has 2 heterocycles. The Balaban J connectivity index is 1.47. The highest BCUT2D eigenvalue weighted by atomic mass is 16.2. The van der Waals surface area contributed by atoms with Gasteiger partial charge in [-0.2, -0.15) is 0 Å². The van der Waals surface area contributed by atoms with Crippen LogP contribution in [-0.4, -0.2) is 65.9 Å². The summed E-state index contributed by atoms with van der Waals surface area (Å²) in [5.74, 6) is 0.324. The van der Waals surface area contributed by atoms with Gasteiger partial charge in [-0.3, -0.25) is 14.6 Å². The van der Waals surface area contributed by atoms with Crippen LogP contribution >= 0.6 is 0 Å². The highest BCUT2D eigenvalue weighted by Crippen LogP contribution is 2.29. The van der Waals surface area contributed by atoms with E-state index in [-0.39, 0.29) is 6.04 Å². The van der Waals surface area contributed by atoms with Crippen molar-refractivity contribution in [3.63, 3.8) is 0 Å². The Morgan fingerprint density at radius 3 is 2.12 bits per heavy atom. The third kappa shape index (κ3) is 3.96. The van der Waals surface area contributed by atoms with E-state index in [1.165, 1.54) is 32.1 Å². The maximum absolute atomic E-state index is 13.4.